The molecule has 2 aromatic rings. The molecule has 4 rings (SSSR count). The molecule has 0 bridgehead atoms. The van der Waals surface area contributed by atoms with Gasteiger partial charge in [-0.2, -0.15) is 0 Å². The highest BCUT2D eigenvalue weighted by atomic mass is 16.7. The number of ether oxygens (including phenoxy) is 4. The standard InChI is InChI=1S/C20H18O6/c1-11(19(21)13-3-5-15-17(7-13)25-9-23-15)12(2)20(22)14-4-6-16-18(8-14)26-10-24-16/h3-8,11-12H,9-10H2,1-2H3. The Bertz CT molecular complexity index is 814. The van der Waals surface area contributed by atoms with Gasteiger partial charge in [0.1, 0.15) is 0 Å². The SMILES string of the molecule is CC(C(=O)c1ccc2c(c1)OCO2)C(C)C(=O)c1ccc2c(c1)OCO2. The molecule has 26 heavy (non-hydrogen) atoms. The molecule has 2 aromatic carbocycles. The fraction of sp³-hybridized carbons (Fsp3) is 0.300. The Hall–Kier alpha value is -3.02. The first-order chi connectivity index (χ1) is 12.5. The minimum atomic E-state index is -0.478. The van der Waals surface area contributed by atoms with E-state index in [2.05, 4.69) is 0 Å². The molecule has 0 spiro atoms. The number of hydrogen-bond donors (Lipinski definition) is 0. The molecule has 2 aliphatic rings. The van der Waals surface area contributed by atoms with Crippen LogP contribution in [-0.2, 0) is 0 Å². The largest absolute Gasteiger partial charge is 0.454 e. The molecular weight excluding hydrogens is 336 g/mol. The van der Waals surface area contributed by atoms with Gasteiger partial charge in [-0.3, -0.25) is 9.59 Å². The van der Waals surface area contributed by atoms with Gasteiger partial charge in [0.15, 0.2) is 34.6 Å². The smallest absolute Gasteiger partial charge is 0.231 e. The normalized spacial score (nSPS) is 16.2. The maximum absolute atomic E-state index is 12.8. The number of Topliss-reactive ketones (excluding diaryl/α,β-unsaturated/α-hetero) is 2. The summed E-state index contributed by atoms with van der Waals surface area (Å²) in [5, 5.41) is 0. The van der Waals surface area contributed by atoms with Crippen molar-refractivity contribution >= 4 is 11.6 Å². The van der Waals surface area contributed by atoms with Crippen LogP contribution in [0.3, 0.4) is 0 Å². The number of rotatable bonds is 5. The third-order valence-electron chi connectivity index (χ3n) is 4.89. The second-order valence-electron chi connectivity index (χ2n) is 6.44. The Kier molecular flexibility index (Phi) is 4.03. The van der Waals surface area contributed by atoms with E-state index in [0.717, 1.165) is 0 Å². The molecule has 2 aliphatic heterocycles. The number of fused-ring (bicyclic) bond motifs is 2. The number of ketones is 2. The van der Waals surface area contributed by atoms with Crippen LogP contribution < -0.4 is 18.9 Å². The highest BCUT2D eigenvalue weighted by Gasteiger charge is 2.29. The summed E-state index contributed by atoms with van der Waals surface area (Å²) in [6, 6.07) is 10.2. The van der Waals surface area contributed by atoms with Crippen LogP contribution in [0.15, 0.2) is 36.4 Å². The Morgan fingerprint density at radius 3 is 1.50 bits per heavy atom. The molecular formula is C20H18O6. The van der Waals surface area contributed by atoms with Crippen molar-refractivity contribution in [1.29, 1.82) is 0 Å². The zero-order valence-corrected chi connectivity index (χ0v) is 14.5. The summed E-state index contributed by atoms with van der Waals surface area (Å²) in [6.45, 7) is 3.84. The van der Waals surface area contributed by atoms with Crippen molar-refractivity contribution in [2.24, 2.45) is 11.8 Å². The second-order valence-corrected chi connectivity index (χ2v) is 6.44. The highest BCUT2D eigenvalue weighted by Crippen LogP contribution is 2.35. The van der Waals surface area contributed by atoms with E-state index in [9.17, 15) is 9.59 Å². The number of carbonyl (C=O) groups excluding carboxylic acids is 2. The van der Waals surface area contributed by atoms with Crippen LogP contribution in [0.2, 0.25) is 0 Å². The Balaban J connectivity index is 1.52. The van der Waals surface area contributed by atoms with Gasteiger partial charge in [-0.15, -0.1) is 0 Å². The predicted molar refractivity (Wildman–Crippen MR) is 92.1 cm³/mol. The van der Waals surface area contributed by atoms with Crippen molar-refractivity contribution in [1.82, 2.24) is 0 Å². The van der Waals surface area contributed by atoms with Gasteiger partial charge in [0.2, 0.25) is 13.6 Å². The lowest BCUT2D eigenvalue weighted by Crippen LogP contribution is -2.26. The summed E-state index contributed by atoms with van der Waals surface area (Å²) in [5.74, 6) is 1.18. The van der Waals surface area contributed by atoms with Gasteiger partial charge in [-0.25, -0.2) is 0 Å². The average Bonchev–Trinajstić information content (AvgIpc) is 3.33. The number of benzene rings is 2. The fourth-order valence-electron chi connectivity index (χ4n) is 3.08. The summed E-state index contributed by atoms with van der Waals surface area (Å²) in [4.78, 5) is 25.6. The van der Waals surface area contributed by atoms with Crippen LogP contribution >= 0.6 is 0 Å². The van der Waals surface area contributed by atoms with Gasteiger partial charge in [-0.05, 0) is 36.4 Å². The quantitative estimate of drug-likeness (QED) is 0.766. The molecule has 2 unspecified atom stereocenters. The maximum atomic E-state index is 12.8. The second kappa shape index (κ2) is 6.37. The average molecular weight is 354 g/mol. The van der Waals surface area contributed by atoms with Crippen molar-refractivity contribution in [3.05, 3.63) is 47.5 Å². The first kappa shape index (κ1) is 16.4. The van der Waals surface area contributed by atoms with E-state index >= 15 is 0 Å². The van der Waals surface area contributed by atoms with Gasteiger partial charge in [0.25, 0.3) is 0 Å². The summed E-state index contributed by atoms with van der Waals surface area (Å²) < 4.78 is 21.2. The van der Waals surface area contributed by atoms with Gasteiger partial charge < -0.3 is 18.9 Å². The van der Waals surface area contributed by atoms with Crippen molar-refractivity contribution in [3.63, 3.8) is 0 Å². The van der Waals surface area contributed by atoms with Gasteiger partial charge >= 0.3 is 0 Å². The van der Waals surface area contributed by atoms with E-state index in [1.54, 1.807) is 50.2 Å². The lowest BCUT2D eigenvalue weighted by atomic mass is 9.83. The molecule has 6 nitrogen and oxygen atoms in total. The third-order valence-corrected chi connectivity index (χ3v) is 4.89. The molecule has 2 atom stereocenters. The third kappa shape index (κ3) is 2.77. The van der Waals surface area contributed by atoms with E-state index in [0.29, 0.717) is 34.1 Å². The lowest BCUT2D eigenvalue weighted by Gasteiger charge is -2.18. The number of hydrogen-bond acceptors (Lipinski definition) is 6. The molecule has 2 heterocycles. The topological polar surface area (TPSA) is 71.1 Å². The van der Waals surface area contributed by atoms with E-state index in [1.807, 2.05) is 0 Å². The predicted octanol–water partition coefficient (Wildman–Crippen LogP) is 3.48. The van der Waals surface area contributed by atoms with Crippen molar-refractivity contribution in [3.8, 4) is 23.0 Å². The van der Waals surface area contributed by atoms with Crippen LogP contribution in [-0.4, -0.2) is 25.2 Å². The number of carbonyl (C=O) groups is 2. The van der Waals surface area contributed by atoms with E-state index in [4.69, 9.17) is 18.9 Å². The monoisotopic (exact) mass is 354 g/mol. The molecule has 134 valence electrons. The van der Waals surface area contributed by atoms with E-state index < -0.39 is 11.8 Å². The van der Waals surface area contributed by atoms with Gasteiger partial charge in [-0.1, -0.05) is 13.8 Å². The molecule has 0 saturated heterocycles. The first-order valence-electron chi connectivity index (χ1n) is 8.42. The van der Waals surface area contributed by atoms with Crippen LogP contribution in [0.25, 0.3) is 0 Å². The Morgan fingerprint density at radius 1 is 0.692 bits per heavy atom. The van der Waals surface area contributed by atoms with Gasteiger partial charge in [0, 0.05) is 23.0 Å². The molecule has 0 aromatic heterocycles. The molecule has 0 amide bonds. The van der Waals surface area contributed by atoms with Crippen molar-refractivity contribution in [2.75, 3.05) is 13.6 Å². The summed E-state index contributed by atoms with van der Waals surface area (Å²) >= 11 is 0. The Morgan fingerprint density at radius 2 is 1.08 bits per heavy atom. The lowest BCUT2D eigenvalue weighted by molar-refractivity contribution is 0.0794. The molecule has 0 N–H and O–H groups in total. The first-order valence-corrected chi connectivity index (χ1v) is 8.42. The van der Waals surface area contributed by atoms with Crippen molar-refractivity contribution < 1.29 is 28.5 Å². The molecule has 0 radical (unpaired) electrons. The van der Waals surface area contributed by atoms with Gasteiger partial charge in [0.05, 0.1) is 0 Å². The zero-order valence-electron chi connectivity index (χ0n) is 14.5. The minimum Gasteiger partial charge on any atom is -0.454 e. The van der Waals surface area contributed by atoms with Crippen LogP contribution in [0.1, 0.15) is 34.6 Å². The highest BCUT2D eigenvalue weighted by molar-refractivity contribution is 6.05. The van der Waals surface area contributed by atoms with Crippen LogP contribution in [0, 0.1) is 11.8 Å². The molecule has 6 heteroatoms. The van der Waals surface area contributed by atoms with Crippen LogP contribution in [0.5, 0.6) is 23.0 Å². The molecule has 0 fully saturated rings. The molecule has 0 saturated carbocycles. The summed E-state index contributed by atoms with van der Waals surface area (Å²) in [7, 11) is 0. The van der Waals surface area contributed by atoms with Crippen molar-refractivity contribution in [2.45, 2.75) is 13.8 Å². The van der Waals surface area contributed by atoms with E-state index in [1.165, 1.54) is 0 Å². The molecule has 0 aliphatic carbocycles. The zero-order chi connectivity index (χ0) is 18.3. The fourth-order valence-corrected chi connectivity index (χ4v) is 3.08. The maximum Gasteiger partial charge on any atom is 0.231 e. The van der Waals surface area contributed by atoms with Crippen LogP contribution in [0.4, 0.5) is 0 Å². The minimum absolute atomic E-state index is 0.107. The summed E-state index contributed by atoms with van der Waals surface area (Å²) in [6.07, 6.45) is 0. The Labute approximate surface area is 150 Å². The van der Waals surface area contributed by atoms with E-state index in [-0.39, 0.29) is 25.2 Å². The summed E-state index contributed by atoms with van der Waals surface area (Å²) in [5.41, 5.74) is 1.01.